The fourth-order valence-electron chi connectivity index (χ4n) is 1.92. The van der Waals surface area contributed by atoms with Crippen molar-refractivity contribution in [3.05, 3.63) is 28.8 Å². The van der Waals surface area contributed by atoms with Crippen LogP contribution < -0.4 is 10.2 Å². The summed E-state index contributed by atoms with van der Waals surface area (Å²) in [6, 6.07) is 6.64. The zero-order valence-electron chi connectivity index (χ0n) is 12.1. The minimum atomic E-state index is 0.223. The molecule has 0 aromatic heterocycles. The molecule has 0 heterocycles. The van der Waals surface area contributed by atoms with Crippen molar-refractivity contribution in [3.63, 3.8) is 0 Å². The molecule has 0 aliphatic carbocycles. The molecule has 2 N–H and O–H groups in total. The normalized spacial score (nSPS) is 11.1. The number of benzene rings is 1. The Balaban J connectivity index is 2.73. The van der Waals surface area contributed by atoms with Crippen LogP contribution in [0.4, 0.5) is 5.69 Å². The van der Waals surface area contributed by atoms with Crippen LogP contribution in [0.3, 0.4) is 0 Å². The summed E-state index contributed by atoms with van der Waals surface area (Å²) in [4.78, 5) is 2.22. The van der Waals surface area contributed by atoms with Crippen molar-refractivity contribution >= 4 is 17.3 Å². The monoisotopic (exact) mass is 284 g/mol. The van der Waals surface area contributed by atoms with E-state index < -0.39 is 0 Å². The summed E-state index contributed by atoms with van der Waals surface area (Å²) >= 11 is 6.33. The molecule has 1 rings (SSSR count). The molecular weight excluding hydrogens is 260 g/mol. The molecule has 0 spiro atoms. The van der Waals surface area contributed by atoms with Crippen molar-refractivity contribution in [2.24, 2.45) is 0 Å². The van der Waals surface area contributed by atoms with Crippen LogP contribution in [0.5, 0.6) is 0 Å². The number of rotatable bonds is 8. The van der Waals surface area contributed by atoms with Crippen LogP contribution in [0, 0.1) is 0 Å². The van der Waals surface area contributed by atoms with E-state index in [0.717, 1.165) is 42.3 Å². The highest BCUT2D eigenvalue weighted by Gasteiger charge is 2.07. The van der Waals surface area contributed by atoms with Crippen LogP contribution in [0.15, 0.2) is 18.2 Å². The summed E-state index contributed by atoms with van der Waals surface area (Å²) < 4.78 is 0. The Morgan fingerprint density at radius 1 is 1.37 bits per heavy atom. The van der Waals surface area contributed by atoms with Crippen LogP contribution in [-0.4, -0.2) is 30.8 Å². The molecule has 19 heavy (non-hydrogen) atoms. The van der Waals surface area contributed by atoms with Gasteiger partial charge in [0.1, 0.15) is 0 Å². The molecule has 0 bridgehead atoms. The molecule has 0 atom stereocenters. The maximum Gasteiger partial charge on any atom is 0.0471 e. The first-order valence-corrected chi connectivity index (χ1v) is 7.33. The van der Waals surface area contributed by atoms with Gasteiger partial charge in [-0.1, -0.05) is 31.5 Å². The van der Waals surface area contributed by atoms with Crippen molar-refractivity contribution in [1.82, 2.24) is 5.32 Å². The van der Waals surface area contributed by atoms with E-state index in [9.17, 15) is 0 Å². The summed E-state index contributed by atoms with van der Waals surface area (Å²) in [5.74, 6) is 0. The summed E-state index contributed by atoms with van der Waals surface area (Å²) in [5.41, 5.74) is 2.24. The summed E-state index contributed by atoms with van der Waals surface area (Å²) in [7, 11) is 0. The van der Waals surface area contributed by atoms with E-state index >= 15 is 0 Å². The summed E-state index contributed by atoms with van der Waals surface area (Å²) in [6.45, 7) is 9.14. The molecule has 0 amide bonds. The third-order valence-corrected chi connectivity index (χ3v) is 3.42. The number of nitrogens with one attached hydrogen (secondary N) is 1. The number of aliphatic hydroxyl groups is 1. The van der Waals surface area contributed by atoms with Crippen molar-refractivity contribution in [1.29, 1.82) is 0 Å². The van der Waals surface area contributed by atoms with Crippen molar-refractivity contribution in [2.75, 3.05) is 24.6 Å². The Kier molecular flexibility index (Phi) is 7.21. The van der Waals surface area contributed by atoms with E-state index in [0.29, 0.717) is 6.04 Å². The molecule has 0 saturated carbocycles. The van der Waals surface area contributed by atoms with Gasteiger partial charge in [0.2, 0.25) is 0 Å². The molecule has 0 radical (unpaired) electrons. The Morgan fingerprint density at radius 3 is 2.63 bits per heavy atom. The average Bonchev–Trinajstić information content (AvgIpc) is 2.38. The van der Waals surface area contributed by atoms with Gasteiger partial charge in [0.15, 0.2) is 0 Å². The van der Waals surface area contributed by atoms with Gasteiger partial charge in [0.05, 0.1) is 0 Å². The molecule has 0 fully saturated rings. The fraction of sp³-hybridized carbons (Fsp3) is 0.600. The highest BCUT2D eigenvalue weighted by atomic mass is 35.5. The lowest BCUT2D eigenvalue weighted by Gasteiger charge is -2.23. The molecule has 0 aliphatic heterocycles. The number of hydrogen-bond acceptors (Lipinski definition) is 3. The first-order chi connectivity index (χ1) is 9.08. The van der Waals surface area contributed by atoms with Gasteiger partial charge in [-0.3, -0.25) is 0 Å². The van der Waals surface area contributed by atoms with E-state index in [1.165, 1.54) is 0 Å². The number of halogens is 1. The molecule has 4 heteroatoms. The van der Waals surface area contributed by atoms with Gasteiger partial charge in [-0.2, -0.15) is 0 Å². The zero-order valence-corrected chi connectivity index (χ0v) is 12.9. The fourth-order valence-corrected chi connectivity index (χ4v) is 2.16. The maximum absolute atomic E-state index is 8.92. The highest BCUT2D eigenvalue weighted by molar-refractivity contribution is 6.31. The minimum Gasteiger partial charge on any atom is -0.396 e. The second-order valence-electron chi connectivity index (χ2n) is 4.97. The first-order valence-electron chi connectivity index (χ1n) is 6.96. The number of nitrogens with zero attached hydrogens (tertiary/aromatic N) is 1. The average molecular weight is 285 g/mol. The van der Waals surface area contributed by atoms with E-state index in [2.05, 4.69) is 43.1 Å². The SMILES string of the molecule is CCN(CCCO)c1ccc(CNC(C)C)c(Cl)c1. The van der Waals surface area contributed by atoms with Gasteiger partial charge in [-0.25, -0.2) is 0 Å². The topological polar surface area (TPSA) is 35.5 Å². The first kappa shape index (κ1) is 16.3. The smallest absolute Gasteiger partial charge is 0.0471 e. The van der Waals surface area contributed by atoms with E-state index in [-0.39, 0.29) is 6.61 Å². The second-order valence-corrected chi connectivity index (χ2v) is 5.38. The maximum atomic E-state index is 8.92. The predicted molar refractivity (Wildman–Crippen MR) is 83.0 cm³/mol. The van der Waals surface area contributed by atoms with Crippen LogP contribution in [0.2, 0.25) is 5.02 Å². The highest BCUT2D eigenvalue weighted by Crippen LogP contribution is 2.24. The Morgan fingerprint density at radius 2 is 2.11 bits per heavy atom. The molecular formula is C15H25ClN2O. The van der Waals surface area contributed by atoms with Crippen LogP contribution >= 0.6 is 11.6 Å². The molecule has 0 unspecified atom stereocenters. The lowest BCUT2D eigenvalue weighted by molar-refractivity contribution is 0.289. The van der Waals surface area contributed by atoms with Gasteiger partial charge in [0.25, 0.3) is 0 Å². The minimum absolute atomic E-state index is 0.223. The molecule has 1 aromatic carbocycles. The largest absolute Gasteiger partial charge is 0.396 e. The Bertz CT molecular complexity index is 382. The molecule has 108 valence electrons. The zero-order chi connectivity index (χ0) is 14.3. The number of aliphatic hydroxyl groups excluding tert-OH is 1. The quantitative estimate of drug-likeness (QED) is 0.770. The van der Waals surface area contributed by atoms with Crippen LogP contribution in [-0.2, 0) is 6.54 Å². The van der Waals surface area contributed by atoms with Crippen molar-refractivity contribution < 1.29 is 5.11 Å². The van der Waals surface area contributed by atoms with Crippen molar-refractivity contribution in [2.45, 2.75) is 39.8 Å². The predicted octanol–water partition coefficient (Wildman–Crippen LogP) is 3.05. The van der Waals surface area contributed by atoms with E-state index in [1.807, 2.05) is 6.07 Å². The van der Waals surface area contributed by atoms with Gasteiger partial charge < -0.3 is 15.3 Å². The van der Waals surface area contributed by atoms with Gasteiger partial charge in [0, 0.05) is 43.0 Å². The third kappa shape index (κ3) is 5.39. The number of hydrogen-bond donors (Lipinski definition) is 2. The van der Waals surface area contributed by atoms with Crippen LogP contribution in [0.1, 0.15) is 32.8 Å². The third-order valence-electron chi connectivity index (χ3n) is 3.07. The van der Waals surface area contributed by atoms with E-state index in [4.69, 9.17) is 16.7 Å². The summed E-state index contributed by atoms with van der Waals surface area (Å²) in [5, 5.41) is 13.1. The molecule has 0 saturated heterocycles. The van der Waals surface area contributed by atoms with Crippen LogP contribution in [0.25, 0.3) is 0 Å². The standard InChI is InChI=1S/C15H25ClN2O/c1-4-18(8-5-9-19)14-7-6-13(15(16)10-14)11-17-12(2)3/h6-7,10,12,17,19H,4-5,8-9,11H2,1-3H3. The molecule has 1 aromatic rings. The Labute approximate surface area is 121 Å². The van der Waals surface area contributed by atoms with Crippen molar-refractivity contribution in [3.8, 4) is 0 Å². The molecule has 0 aliphatic rings. The number of anilines is 1. The lowest BCUT2D eigenvalue weighted by Crippen LogP contribution is -2.25. The van der Waals surface area contributed by atoms with E-state index in [1.54, 1.807) is 0 Å². The Hall–Kier alpha value is -0.770. The van der Waals surface area contributed by atoms with Gasteiger partial charge in [-0.05, 0) is 31.0 Å². The lowest BCUT2D eigenvalue weighted by atomic mass is 10.1. The summed E-state index contributed by atoms with van der Waals surface area (Å²) in [6.07, 6.45) is 0.780. The van der Waals surface area contributed by atoms with Gasteiger partial charge >= 0.3 is 0 Å². The second kappa shape index (κ2) is 8.41. The van der Waals surface area contributed by atoms with Gasteiger partial charge in [-0.15, -0.1) is 0 Å². The molecule has 3 nitrogen and oxygen atoms in total.